The molecule has 282 valence electrons. The van der Waals surface area contributed by atoms with Crippen LogP contribution in [0.4, 0.5) is 0 Å². The normalized spacial score (nSPS) is 13.8. The second-order valence-electron chi connectivity index (χ2n) is 16.4. The Morgan fingerprint density at radius 3 is 1.85 bits per heavy atom. The Bertz CT molecular complexity index is 3520. The molecule has 2 aromatic heterocycles. The summed E-state index contributed by atoms with van der Waals surface area (Å²) in [5.41, 5.74) is 16.1. The SMILES string of the molecule is CC1CC=Cc2cc(-c3c4ccccc4c(-c4ccc5ccccc5c4)c4ccc(-c5ccc(-c6ccc7c(c6)c6cnccc6n7-c6ccccc6)cc5)cc34)ccc21. The molecule has 2 nitrogen and oxygen atoms in total. The number of nitrogens with zero attached hydrogens (tertiary/aromatic N) is 2. The molecule has 1 atom stereocenters. The Morgan fingerprint density at radius 1 is 0.450 bits per heavy atom. The summed E-state index contributed by atoms with van der Waals surface area (Å²) in [5.74, 6) is 0.519. The van der Waals surface area contributed by atoms with E-state index in [2.05, 4.69) is 211 Å². The minimum Gasteiger partial charge on any atom is -0.309 e. The van der Waals surface area contributed by atoms with Crippen molar-refractivity contribution in [3.05, 3.63) is 212 Å². The number of aromatic nitrogens is 2. The second-order valence-corrected chi connectivity index (χ2v) is 16.4. The molecule has 0 N–H and O–H groups in total. The Labute approximate surface area is 349 Å². The van der Waals surface area contributed by atoms with Crippen molar-refractivity contribution >= 4 is 60.2 Å². The zero-order chi connectivity index (χ0) is 39.7. The van der Waals surface area contributed by atoms with Gasteiger partial charge in [0.2, 0.25) is 0 Å². The third-order valence-electron chi connectivity index (χ3n) is 12.9. The van der Waals surface area contributed by atoms with E-state index in [0.29, 0.717) is 5.92 Å². The molecule has 0 spiro atoms. The summed E-state index contributed by atoms with van der Waals surface area (Å²) in [6, 6.07) is 67.5. The summed E-state index contributed by atoms with van der Waals surface area (Å²) < 4.78 is 2.34. The first kappa shape index (κ1) is 34.5. The third kappa shape index (κ3) is 5.52. The average molecular weight is 765 g/mol. The van der Waals surface area contributed by atoms with E-state index in [1.54, 1.807) is 0 Å². The van der Waals surface area contributed by atoms with Gasteiger partial charge in [-0.2, -0.15) is 0 Å². The van der Waals surface area contributed by atoms with Crippen molar-refractivity contribution in [3.63, 3.8) is 0 Å². The van der Waals surface area contributed by atoms with Gasteiger partial charge in [-0.15, -0.1) is 0 Å². The fourth-order valence-corrected chi connectivity index (χ4v) is 9.93. The molecular formula is C58H40N2. The van der Waals surface area contributed by atoms with Crippen LogP contribution < -0.4 is 0 Å². The molecule has 12 rings (SSSR count). The van der Waals surface area contributed by atoms with Crippen LogP contribution >= 0.6 is 0 Å². The first-order valence-corrected chi connectivity index (χ1v) is 21.0. The molecule has 0 radical (unpaired) electrons. The smallest absolute Gasteiger partial charge is 0.0571 e. The quantitative estimate of drug-likeness (QED) is 0.160. The summed E-state index contributed by atoms with van der Waals surface area (Å²) >= 11 is 0. The molecular weight excluding hydrogens is 725 g/mol. The van der Waals surface area contributed by atoms with Crippen molar-refractivity contribution in [1.29, 1.82) is 0 Å². The summed E-state index contributed by atoms with van der Waals surface area (Å²) in [6.45, 7) is 2.34. The van der Waals surface area contributed by atoms with E-state index >= 15 is 0 Å². The highest BCUT2D eigenvalue weighted by Gasteiger charge is 2.20. The molecule has 1 aliphatic carbocycles. The number of benzene rings is 9. The van der Waals surface area contributed by atoms with Crippen LogP contribution in [0.25, 0.3) is 110 Å². The van der Waals surface area contributed by atoms with Crippen LogP contribution in [0, 0.1) is 0 Å². The van der Waals surface area contributed by atoms with E-state index in [-0.39, 0.29) is 0 Å². The van der Waals surface area contributed by atoms with Crippen molar-refractivity contribution in [1.82, 2.24) is 9.55 Å². The lowest BCUT2D eigenvalue weighted by Gasteiger charge is -2.22. The first-order chi connectivity index (χ1) is 29.7. The van der Waals surface area contributed by atoms with Gasteiger partial charge in [0.05, 0.1) is 11.0 Å². The number of para-hydroxylation sites is 1. The summed E-state index contributed by atoms with van der Waals surface area (Å²) in [5, 5.41) is 9.93. The monoisotopic (exact) mass is 764 g/mol. The predicted octanol–water partition coefficient (Wildman–Crippen LogP) is 15.8. The van der Waals surface area contributed by atoms with Crippen molar-refractivity contribution in [2.24, 2.45) is 0 Å². The maximum absolute atomic E-state index is 4.52. The Hall–Kier alpha value is -7.55. The molecule has 2 heterocycles. The van der Waals surface area contributed by atoms with E-state index in [1.807, 2.05) is 12.4 Å². The minimum atomic E-state index is 0.519. The molecule has 11 aromatic rings. The van der Waals surface area contributed by atoms with E-state index in [4.69, 9.17) is 0 Å². The number of pyridine rings is 1. The maximum Gasteiger partial charge on any atom is 0.0571 e. The molecule has 0 saturated heterocycles. The van der Waals surface area contributed by atoms with Gasteiger partial charge < -0.3 is 4.57 Å². The van der Waals surface area contributed by atoms with E-state index in [1.165, 1.54) is 98.9 Å². The van der Waals surface area contributed by atoms with Crippen LogP contribution in [-0.2, 0) is 0 Å². The summed E-state index contributed by atoms with van der Waals surface area (Å²) in [6.07, 6.45) is 9.61. The Morgan fingerprint density at radius 2 is 1.05 bits per heavy atom. The van der Waals surface area contributed by atoms with Gasteiger partial charge in [0.1, 0.15) is 0 Å². The molecule has 1 unspecified atom stereocenters. The maximum atomic E-state index is 4.52. The van der Waals surface area contributed by atoms with Crippen LogP contribution in [0.3, 0.4) is 0 Å². The van der Waals surface area contributed by atoms with Crippen LogP contribution in [-0.4, -0.2) is 9.55 Å². The van der Waals surface area contributed by atoms with Gasteiger partial charge in [-0.05, 0) is 149 Å². The molecule has 2 heteroatoms. The van der Waals surface area contributed by atoms with Crippen molar-refractivity contribution < 1.29 is 0 Å². The van der Waals surface area contributed by atoms with E-state index < -0.39 is 0 Å². The lowest BCUT2D eigenvalue weighted by molar-refractivity contribution is 0.772. The van der Waals surface area contributed by atoms with Gasteiger partial charge in [-0.3, -0.25) is 4.98 Å². The highest BCUT2D eigenvalue weighted by Crippen LogP contribution is 2.46. The topological polar surface area (TPSA) is 17.8 Å². The zero-order valence-electron chi connectivity index (χ0n) is 33.3. The molecule has 0 saturated carbocycles. The molecule has 1 aliphatic rings. The van der Waals surface area contributed by atoms with Crippen LogP contribution in [0.1, 0.15) is 30.4 Å². The van der Waals surface area contributed by atoms with Crippen LogP contribution in [0.2, 0.25) is 0 Å². The average Bonchev–Trinajstić information content (AvgIpc) is 3.64. The number of rotatable bonds is 5. The highest BCUT2D eigenvalue weighted by atomic mass is 15.0. The molecule has 9 aromatic carbocycles. The number of hydrogen-bond donors (Lipinski definition) is 0. The summed E-state index contributed by atoms with van der Waals surface area (Å²) in [7, 11) is 0. The van der Waals surface area contributed by atoms with Crippen LogP contribution in [0.5, 0.6) is 0 Å². The fourth-order valence-electron chi connectivity index (χ4n) is 9.93. The second kappa shape index (κ2) is 13.8. The molecule has 0 amide bonds. The fraction of sp³-hybridized carbons (Fsp3) is 0.0517. The van der Waals surface area contributed by atoms with Gasteiger partial charge in [-0.1, -0.05) is 153 Å². The molecule has 60 heavy (non-hydrogen) atoms. The Kier molecular flexibility index (Phi) is 7.93. The zero-order valence-corrected chi connectivity index (χ0v) is 33.3. The van der Waals surface area contributed by atoms with Gasteiger partial charge in [-0.25, -0.2) is 0 Å². The number of fused-ring (bicyclic) bond motifs is 7. The highest BCUT2D eigenvalue weighted by molar-refractivity contribution is 6.22. The van der Waals surface area contributed by atoms with E-state index in [0.717, 1.165) is 23.0 Å². The van der Waals surface area contributed by atoms with Gasteiger partial charge >= 0.3 is 0 Å². The van der Waals surface area contributed by atoms with Crippen molar-refractivity contribution in [3.8, 4) is 50.2 Å². The number of allylic oxidation sites excluding steroid dienone is 1. The largest absolute Gasteiger partial charge is 0.309 e. The van der Waals surface area contributed by atoms with Gasteiger partial charge in [0.25, 0.3) is 0 Å². The standard InChI is InChI=1S/C58H40N2/c1-37-10-9-13-44-33-46(25-27-48(37)44)58-50-17-8-7-16-49(50)57(45-23-22-38-11-5-6-12-41(38)32-45)51-28-24-42(35-53(51)58)39-18-20-40(21-19-39)43-26-29-55-52(34-43)54-36-59-31-30-56(54)60(55)47-14-3-2-4-15-47/h2-9,11-37H,10H2,1H3. The summed E-state index contributed by atoms with van der Waals surface area (Å²) in [4.78, 5) is 4.52. The van der Waals surface area contributed by atoms with Crippen molar-refractivity contribution in [2.75, 3.05) is 0 Å². The molecule has 0 bridgehead atoms. The lowest BCUT2D eigenvalue weighted by Crippen LogP contribution is -2.00. The van der Waals surface area contributed by atoms with Crippen molar-refractivity contribution in [2.45, 2.75) is 19.3 Å². The van der Waals surface area contributed by atoms with Crippen LogP contribution in [0.15, 0.2) is 200 Å². The molecule has 0 fully saturated rings. The first-order valence-electron chi connectivity index (χ1n) is 21.0. The Balaban J connectivity index is 1.02. The third-order valence-corrected chi connectivity index (χ3v) is 12.9. The minimum absolute atomic E-state index is 0.519. The predicted molar refractivity (Wildman–Crippen MR) is 255 cm³/mol. The lowest BCUT2D eigenvalue weighted by atomic mass is 9.82. The van der Waals surface area contributed by atoms with E-state index in [9.17, 15) is 0 Å². The van der Waals surface area contributed by atoms with Gasteiger partial charge in [0.15, 0.2) is 0 Å². The van der Waals surface area contributed by atoms with Gasteiger partial charge in [0, 0.05) is 28.9 Å². The number of hydrogen-bond acceptors (Lipinski definition) is 1. The molecule has 0 aliphatic heterocycles.